The number of rotatable bonds is 10. The average molecular weight is 467 g/mol. The van der Waals surface area contributed by atoms with Crippen LogP contribution in [0.1, 0.15) is 81.0 Å². The Morgan fingerprint density at radius 2 is 2.15 bits per heavy atom. The Bertz CT molecular complexity index is 900. The van der Waals surface area contributed by atoms with Crippen molar-refractivity contribution in [2.45, 2.75) is 88.1 Å². The zero-order valence-electron chi connectivity index (χ0n) is 20.0. The molecule has 34 heavy (non-hydrogen) atoms. The summed E-state index contributed by atoms with van der Waals surface area (Å²) in [5.41, 5.74) is 1.86. The third-order valence-electron chi connectivity index (χ3n) is 8.09. The highest BCUT2D eigenvalue weighted by molar-refractivity contribution is 5.76. The number of likely N-dealkylation sites (tertiary alicyclic amines) is 1. The second-order valence-corrected chi connectivity index (χ2v) is 10.4. The van der Waals surface area contributed by atoms with Crippen LogP contribution in [0, 0.1) is 5.92 Å². The highest BCUT2D eigenvalue weighted by atomic mass is 16.5. The van der Waals surface area contributed by atoms with Crippen LogP contribution in [-0.2, 0) is 9.53 Å². The van der Waals surface area contributed by atoms with Crippen molar-refractivity contribution in [3.63, 3.8) is 0 Å². The molecule has 1 aliphatic carbocycles. The van der Waals surface area contributed by atoms with Crippen molar-refractivity contribution in [2.24, 2.45) is 10.9 Å². The number of unbranched alkanes of at least 4 members (excludes halogenated alkanes) is 1. The summed E-state index contributed by atoms with van der Waals surface area (Å²) in [7, 11) is 0. The van der Waals surface area contributed by atoms with Gasteiger partial charge in [-0.3, -0.25) is 25.0 Å². The number of ether oxygens (including phenoxy) is 1. The van der Waals surface area contributed by atoms with E-state index in [4.69, 9.17) is 4.74 Å². The molecule has 0 amide bonds. The third-order valence-corrected chi connectivity index (χ3v) is 8.09. The first-order valence-electron chi connectivity index (χ1n) is 13.2. The van der Waals surface area contributed by atoms with Crippen molar-refractivity contribution in [3.8, 4) is 0 Å². The van der Waals surface area contributed by atoms with Crippen molar-refractivity contribution >= 4 is 12.2 Å². The van der Waals surface area contributed by atoms with Gasteiger partial charge in [0.1, 0.15) is 12.2 Å². The monoisotopic (exact) mass is 466 g/mol. The summed E-state index contributed by atoms with van der Waals surface area (Å²) >= 11 is 0. The van der Waals surface area contributed by atoms with E-state index in [9.17, 15) is 9.90 Å². The minimum Gasteiger partial charge on any atom is -0.480 e. The molecule has 0 spiro atoms. The lowest BCUT2D eigenvalue weighted by atomic mass is 9.80. The van der Waals surface area contributed by atoms with E-state index >= 15 is 0 Å². The molecule has 5 rings (SSSR count). The molecule has 3 fully saturated rings. The van der Waals surface area contributed by atoms with Crippen molar-refractivity contribution in [3.05, 3.63) is 41.7 Å². The average Bonchev–Trinajstić information content (AvgIpc) is 3.27. The van der Waals surface area contributed by atoms with Gasteiger partial charge in [-0.05, 0) is 63.5 Å². The number of hydrogen-bond donors (Lipinski definition) is 2. The van der Waals surface area contributed by atoms with Gasteiger partial charge in [0.05, 0.1) is 6.10 Å². The number of nitrogens with zero attached hydrogens (tertiary/aromatic N) is 3. The summed E-state index contributed by atoms with van der Waals surface area (Å²) in [6, 6.07) is 3.75. The van der Waals surface area contributed by atoms with Crippen LogP contribution in [0.5, 0.6) is 0 Å². The second-order valence-electron chi connectivity index (χ2n) is 10.4. The topological polar surface area (TPSA) is 87.0 Å². The predicted octanol–water partition coefficient (Wildman–Crippen LogP) is 4.07. The number of carboxylic acids is 1. The third kappa shape index (κ3) is 5.42. The van der Waals surface area contributed by atoms with Gasteiger partial charge in [0.2, 0.25) is 0 Å². The summed E-state index contributed by atoms with van der Waals surface area (Å²) < 4.78 is 6.18. The lowest BCUT2D eigenvalue weighted by Gasteiger charge is -2.35. The van der Waals surface area contributed by atoms with Crippen molar-refractivity contribution < 1.29 is 14.6 Å². The molecule has 1 aromatic heterocycles. The van der Waals surface area contributed by atoms with Crippen molar-refractivity contribution in [1.82, 2.24) is 15.2 Å². The van der Waals surface area contributed by atoms with E-state index in [0.29, 0.717) is 24.4 Å². The van der Waals surface area contributed by atoms with E-state index in [1.54, 1.807) is 6.20 Å². The minimum absolute atomic E-state index is 0.114. The zero-order valence-corrected chi connectivity index (χ0v) is 20.0. The van der Waals surface area contributed by atoms with Gasteiger partial charge < -0.3 is 9.84 Å². The first-order chi connectivity index (χ1) is 16.7. The molecule has 1 aromatic rings. The van der Waals surface area contributed by atoms with Crippen LogP contribution in [0.25, 0.3) is 0 Å². The first-order valence-corrected chi connectivity index (χ1v) is 13.2. The van der Waals surface area contributed by atoms with Gasteiger partial charge in [0.15, 0.2) is 0 Å². The highest BCUT2D eigenvalue weighted by Gasteiger charge is 2.37. The maximum atomic E-state index is 12.3. The van der Waals surface area contributed by atoms with Gasteiger partial charge in [-0.25, -0.2) is 0 Å². The number of aromatic nitrogens is 1. The Morgan fingerprint density at radius 3 is 2.97 bits per heavy atom. The van der Waals surface area contributed by atoms with Crippen LogP contribution in [0.2, 0.25) is 0 Å². The lowest BCUT2D eigenvalue weighted by Crippen LogP contribution is -2.46. The Morgan fingerprint density at radius 1 is 1.24 bits per heavy atom. The van der Waals surface area contributed by atoms with Crippen LogP contribution in [0.3, 0.4) is 0 Å². The van der Waals surface area contributed by atoms with E-state index in [1.165, 1.54) is 19.3 Å². The summed E-state index contributed by atoms with van der Waals surface area (Å²) in [5, 5.41) is 13.8. The number of nitrogens with one attached hydrogen (secondary N) is 1. The Balaban J connectivity index is 1.06. The molecular weight excluding hydrogens is 428 g/mol. The molecule has 4 heterocycles. The zero-order chi connectivity index (χ0) is 23.3. The molecule has 184 valence electrons. The maximum Gasteiger partial charge on any atom is 0.325 e. The van der Waals surface area contributed by atoms with Gasteiger partial charge >= 0.3 is 5.97 Å². The number of allylic oxidation sites excluding steroid dienone is 1. The number of piperidine rings is 1. The van der Waals surface area contributed by atoms with Gasteiger partial charge in [-0.2, -0.15) is 0 Å². The van der Waals surface area contributed by atoms with Gasteiger partial charge in [0.25, 0.3) is 0 Å². The van der Waals surface area contributed by atoms with Crippen molar-refractivity contribution in [2.75, 3.05) is 19.7 Å². The molecule has 3 aliphatic heterocycles. The fourth-order valence-electron chi connectivity index (χ4n) is 5.95. The number of fused-ring (bicyclic) bond motifs is 1. The SMILES string of the molecule is O=C(O)C(c1cccnc1C1CCC1)N1CC[C@@H](OCCCC[C@H]2CCC3C=CC=NC3N2)C1. The number of carbonyl (C=O) groups is 1. The van der Waals surface area contributed by atoms with Crippen LogP contribution in [-0.4, -0.2) is 65.2 Å². The number of aliphatic carboxylic acids is 1. The maximum absolute atomic E-state index is 12.3. The van der Waals surface area contributed by atoms with Gasteiger partial charge in [-0.15, -0.1) is 0 Å². The Kier molecular flexibility index (Phi) is 7.72. The summed E-state index contributed by atoms with van der Waals surface area (Å²) in [6.07, 6.45) is 18.5. The normalized spacial score (nSPS) is 30.1. The molecule has 0 bridgehead atoms. The summed E-state index contributed by atoms with van der Waals surface area (Å²) in [5.74, 6) is 0.189. The molecule has 2 N–H and O–H groups in total. The van der Waals surface area contributed by atoms with Crippen LogP contribution < -0.4 is 5.32 Å². The number of aliphatic imine (C=N–C) groups is 1. The second kappa shape index (κ2) is 11.1. The minimum atomic E-state index is -0.783. The molecule has 7 heteroatoms. The quantitative estimate of drug-likeness (QED) is 0.506. The van der Waals surface area contributed by atoms with E-state index in [-0.39, 0.29) is 12.3 Å². The lowest BCUT2D eigenvalue weighted by molar-refractivity contribution is -0.143. The molecular formula is C27H38N4O3. The molecule has 3 unspecified atom stereocenters. The number of pyridine rings is 1. The van der Waals surface area contributed by atoms with Crippen LogP contribution in [0.15, 0.2) is 35.5 Å². The van der Waals surface area contributed by atoms with Gasteiger partial charge in [0, 0.05) is 61.2 Å². The first kappa shape index (κ1) is 23.6. The highest BCUT2D eigenvalue weighted by Crippen LogP contribution is 2.40. The van der Waals surface area contributed by atoms with Gasteiger partial charge in [-0.1, -0.05) is 18.6 Å². The Labute approximate surface area is 202 Å². The van der Waals surface area contributed by atoms with Crippen molar-refractivity contribution in [1.29, 1.82) is 0 Å². The smallest absolute Gasteiger partial charge is 0.325 e. The molecule has 2 saturated heterocycles. The van der Waals surface area contributed by atoms with E-state index < -0.39 is 12.0 Å². The molecule has 0 aromatic carbocycles. The van der Waals surface area contributed by atoms with E-state index in [1.807, 2.05) is 18.3 Å². The number of hydrogen-bond acceptors (Lipinski definition) is 6. The molecule has 5 atom stereocenters. The van der Waals surface area contributed by atoms with Crippen LogP contribution in [0.4, 0.5) is 0 Å². The summed E-state index contributed by atoms with van der Waals surface area (Å²) in [4.78, 5) is 23.5. The molecule has 4 aliphatic rings. The standard InChI is InChI=1S/C27H38N4O3/c32-27(33)25(23-10-5-14-28-24(23)19-6-3-7-19)31-16-13-22(18-31)34-17-2-1-9-21-12-11-20-8-4-15-29-26(20)30-21/h4-5,8,10,14-15,19-22,25-26,30H,1-3,6-7,9,11-13,16-18H2,(H,32,33)/t20?,21-,22+,25?,26?/m0/s1. The summed E-state index contributed by atoms with van der Waals surface area (Å²) in [6.45, 7) is 2.18. The number of carboxylic acid groups (broad SMARTS) is 1. The predicted molar refractivity (Wildman–Crippen MR) is 132 cm³/mol. The Hall–Kier alpha value is -2.09. The van der Waals surface area contributed by atoms with Crippen LogP contribution >= 0.6 is 0 Å². The molecule has 7 nitrogen and oxygen atoms in total. The largest absolute Gasteiger partial charge is 0.480 e. The number of dihydropyridines is 1. The van der Waals surface area contributed by atoms with E-state index in [2.05, 4.69) is 32.3 Å². The fraction of sp³-hybridized carbons (Fsp3) is 0.667. The van der Waals surface area contributed by atoms with E-state index in [0.717, 1.165) is 62.9 Å². The fourth-order valence-corrected chi connectivity index (χ4v) is 5.95. The molecule has 0 radical (unpaired) electrons. The molecule has 1 saturated carbocycles.